The van der Waals surface area contributed by atoms with Gasteiger partial charge in [0.05, 0.1) is 0 Å². The minimum absolute atomic E-state index is 0.244. The van der Waals surface area contributed by atoms with Crippen LogP contribution in [0.3, 0.4) is 0 Å². The first-order chi connectivity index (χ1) is 10.3. The first kappa shape index (κ1) is 14.5. The molecule has 2 aliphatic heterocycles. The van der Waals surface area contributed by atoms with E-state index in [4.69, 9.17) is 9.26 Å². The molecule has 1 amide bonds. The van der Waals surface area contributed by atoms with Gasteiger partial charge in [-0.15, -0.1) is 0 Å². The summed E-state index contributed by atoms with van der Waals surface area (Å²) < 4.78 is 10.8. The summed E-state index contributed by atoms with van der Waals surface area (Å²) in [4.78, 5) is 18.2. The molecule has 1 aromatic heterocycles. The molecule has 1 unspecified atom stereocenters. The van der Waals surface area contributed by atoms with Crippen LogP contribution in [-0.4, -0.2) is 47.3 Å². The molecule has 3 rings (SSSR count). The standard InChI is InChI=1S/C15H23N3O3/c1-2-14(19)18-6-3-11(10-18)9-13-16-15(21-17-13)12-4-7-20-8-5-12/h11-12H,2-10H2,1H3. The molecule has 0 bridgehead atoms. The van der Waals surface area contributed by atoms with E-state index in [0.29, 0.717) is 18.3 Å². The van der Waals surface area contributed by atoms with Crippen molar-refractivity contribution < 1.29 is 14.1 Å². The Morgan fingerprint density at radius 3 is 2.90 bits per heavy atom. The zero-order chi connectivity index (χ0) is 14.7. The number of hydrogen-bond donors (Lipinski definition) is 0. The number of amides is 1. The molecule has 0 radical (unpaired) electrons. The van der Waals surface area contributed by atoms with Gasteiger partial charge in [-0.3, -0.25) is 4.79 Å². The Labute approximate surface area is 124 Å². The molecule has 116 valence electrons. The maximum Gasteiger partial charge on any atom is 0.229 e. The summed E-state index contributed by atoms with van der Waals surface area (Å²) >= 11 is 0. The largest absolute Gasteiger partial charge is 0.381 e. The maximum absolute atomic E-state index is 11.7. The maximum atomic E-state index is 11.7. The lowest BCUT2D eigenvalue weighted by Crippen LogP contribution is -2.28. The molecule has 0 aliphatic carbocycles. The molecule has 6 nitrogen and oxygen atoms in total. The molecule has 21 heavy (non-hydrogen) atoms. The van der Waals surface area contributed by atoms with Crippen molar-refractivity contribution in [3.8, 4) is 0 Å². The number of carbonyl (C=O) groups excluding carboxylic acids is 1. The van der Waals surface area contributed by atoms with Gasteiger partial charge < -0.3 is 14.2 Å². The average molecular weight is 293 g/mol. The molecule has 1 aromatic rings. The van der Waals surface area contributed by atoms with E-state index in [2.05, 4.69) is 10.1 Å². The van der Waals surface area contributed by atoms with Crippen molar-refractivity contribution in [1.29, 1.82) is 0 Å². The third-order valence-electron chi connectivity index (χ3n) is 4.47. The van der Waals surface area contributed by atoms with E-state index in [1.165, 1.54) is 0 Å². The highest BCUT2D eigenvalue weighted by Crippen LogP contribution is 2.26. The summed E-state index contributed by atoms with van der Waals surface area (Å²) in [6, 6.07) is 0. The van der Waals surface area contributed by atoms with Crippen LogP contribution in [0.15, 0.2) is 4.52 Å². The van der Waals surface area contributed by atoms with Crippen LogP contribution in [0, 0.1) is 5.92 Å². The summed E-state index contributed by atoms with van der Waals surface area (Å²) in [6.45, 7) is 5.16. The molecule has 2 aliphatic rings. The van der Waals surface area contributed by atoms with Crippen LogP contribution < -0.4 is 0 Å². The molecule has 2 saturated heterocycles. The number of ether oxygens (including phenoxy) is 1. The fourth-order valence-electron chi connectivity index (χ4n) is 3.17. The smallest absolute Gasteiger partial charge is 0.229 e. The Balaban J connectivity index is 1.54. The number of rotatable bonds is 4. The lowest BCUT2D eigenvalue weighted by molar-refractivity contribution is -0.129. The van der Waals surface area contributed by atoms with Crippen LogP contribution in [0.4, 0.5) is 0 Å². The van der Waals surface area contributed by atoms with Gasteiger partial charge in [0.15, 0.2) is 5.82 Å². The summed E-state index contributed by atoms with van der Waals surface area (Å²) in [6.07, 6.45) is 4.35. The third kappa shape index (κ3) is 3.43. The number of likely N-dealkylation sites (tertiary alicyclic amines) is 1. The molecule has 6 heteroatoms. The van der Waals surface area contributed by atoms with Crippen molar-refractivity contribution in [2.24, 2.45) is 5.92 Å². The summed E-state index contributed by atoms with van der Waals surface area (Å²) in [5, 5.41) is 4.11. The van der Waals surface area contributed by atoms with Gasteiger partial charge in [-0.05, 0) is 25.2 Å². The predicted molar refractivity (Wildman–Crippen MR) is 75.8 cm³/mol. The average Bonchev–Trinajstić information content (AvgIpc) is 3.17. The number of nitrogens with zero attached hydrogens (tertiary/aromatic N) is 3. The molecule has 0 aromatic carbocycles. The Hall–Kier alpha value is -1.43. The van der Waals surface area contributed by atoms with Crippen molar-refractivity contribution >= 4 is 5.91 Å². The van der Waals surface area contributed by atoms with E-state index in [-0.39, 0.29) is 5.91 Å². The van der Waals surface area contributed by atoms with Gasteiger partial charge >= 0.3 is 0 Å². The molecule has 0 saturated carbocycles. The summed E-state index contributed by atoms with van der Waals surface area (Å²) in [5.41, 5.74) is 0. The van der Waals surface area contributed by atoms with Gasteiger partial charge in [-0.1, -0.05) is 12.1 Å². The SMILES string of the molecule is CCC(=O)N1CCC(Cc2noc(C3CCOCC3)n2)C1. The second kappa shape index (κ2) is 6.56. The quantitative estimate of drug-likeness (QED) is 0.846. The lowest BCUT2D eigenvalue weighted by Gasteiger charge is -2.18. The van der Waals surface area contributed by atoms with Crippen LogP contribution in [-0.2, 0) is 16.0 Å². The van der Waals surface area contributed by atoms with Gasteiger partial charge in [0, 0.05) is 45.1 Å². The number of hydrogen-bond acceptors (Lipinski definition) is 5. The van der Waals surface area contributed by atoms with E-state index in [9.17, 15) is 4.79 Å². The van der Waals surface area contributed by atoms with E-state index in [1.54, 1.807) is 0 Å². The van der Waals surface area contributed by atoms with E-state index < -0.39 is 0 Å². The number of carbonyl (C=O) groups is 1. The normalized spacial score (nSPS) is 23.7. The zero-order valence-corrected chi connectivity index (χ0v) is 12.6. The van der Waals surface area contributed by atoms with Crippen LogP contribution in [0.2, 0.25) is 0 Å². The fourth-order valence-corrected chi connectivity index (χ4v) is 3.17. The van der Waals surface area contributed by atoms with Crippen LogP contribution in [0.5, 0.6) is 0 Å². The van der Waals surface area contributed by atoms with Crippen molar-refractivity contribution in [2.45, 2.75) is 44.9 Å². The molecular formula is C15H23N3O3. The van der Waals surface area contributed by atoms with Gasteiger partial charge in [-0.2, -0.15) is 4.98 Å². The molecule has 1 atom stereocenters. The van der Waals surface area contributed by atoms with Gasteiger partial charge in [0.25, 0.3) is 0 Å². The van der Waals surface area contributed by atoms with Gasteiger partial charge in [0.2, 0.25) is 11.8 Å². The molecule has 2 fully saturated rings. The second-order valence-electron chi connectivity index (χ2n) is 5.99. The Kier molecular flexibility index (Phi) is 4.53. The Morgan fingerprint density at radius 1 is 1.33 bits per heavy atom. The molecular weight excluding hydrogens is 270 g/mol. The van der Waals surface area contributed by atoms with Crippen LogP contribution in [0.1, 0.15) is 50.2 Å². The monoisotopic (exact) mass is 293 g/mol. The highest BCUT2D eigenvalue weighted by Gasteiger charge is 2.28. The molecule has 0 N–H and O–H groups in total. The summed E-state index contributed by atoms with van der Waals surface area (Å²) in [7, 11) is 0. The fraction of sp³-hybridized carbons (Fsp3) is 0.800. The van der Waals surface area contributed by atoms with Gasteiger partial charge in [0.1, 0.15) is 0 Å². The second-order valence-corrected chi connectivity index (χ2v) is 5.99. The minimum Gasteiger partial charge on any atom is -0.381 e. The Morgan fingerprint density at radius 2 is 2.14 bits per heavy atom. The van der Waals surface area contributed by atoms with Crippen molar-refractivity contribution in [3.05, 3.63) is 11.7 Å². The highest BCUT2D eigenvalue weighted by atomic mass is 16.5. The molecule has 0 spiro atoms. The van der Waals surface area contributed by atoms with Crippen molar-refractivity contribution in [3.63, 3.8) is 0 Å². The highest BCUT2D eigenvalue weighted by molar-refractivity contribution is 5.76. The van der Waals surface area contributed by atoms with E-state index >= 15 is 0 Å². The van der Waals surface area contributed by atoms with Crippen molar-refractivity contribution in [2.75, 3.05) is 26.3 Å². The van der Waals surface area contributed by atoms with Crippen LogP contribution >= 0.6 is 0 Å². The first-order valence-electron chi connectivity index (χ1n) is 7.94. The topological polar surface area (TPSA) is 68.5 Å². The third-order valence-corrected chi connectivity index (χ3v) is 4.47. The predicted octanol–water partition coefficient (Wildman–Crippen LogP) is 1.76. The van der Waals surface area contributed by atoms with E-state index in [1.807, 2.05) is 11.8 Å². The zero-order valence-electron chi connectivity index (χ0n) is 12.6. The van der Waals surface area contributed by atoms with Crippen molar-refractivity contribution in [1.82, 2.24) is 15.0 Å². The van der Waals surface area contributed by atoms with Crippen LogP contribution in [0.25, 0.3) is 0 Å². The molecule has 3 heterocycles. The first-order valence-corrected chi connectivity index (χ1v) is 7.94. The minimum atomic E-state index is 0.244. The van der Waals surface area contributed by atoms with E-state index in [0.717, 1.165) is 63.7 Å². The summed E-state index contributed by atoms with van der Waals surface area (Å²) in [5.74, 6) is 2.59. The Bertz CT molecular complexity index is 482. The lowest BCUT2D eigenvalue weighted by atomic mass is 10.0. The van der Waals surface area contributed by atoms with Gasteiger partial charge in [-0.25, -0.2) is 0 Å². The number of aromatic nitrogens is 2.